The lowest BCUT2D eigenvalue weighted by atomic mass is 9.62. The van der Waals surface area contributed by atoms with Crippen molar-refractivity contribution in [2.24, 2.45) is 17.3 Å². The van der Waals surface area contributed by atoms with E-state index in [9.17, 15) is 4.79 Å². The van der Waals surface area contributed by atoms with Gasteiger partial charge in [0.2, 0.25) is 0 Å². The molecule has 0 heterocycles. The highest BCUT2D eigenvalue weighted by Gasteiger charge is 2.47. The lowest BCUT2D eigenvalue weighted by Crippen LogP contribution is -2.49. The molecule has 1 aliphatic rings. The van der Waals surface area contributed by atoms with Gasteiger partial charge in [0.1, 0.15) is 6.10 Å². The van der Waals surface area contributed by atoms with Crippen LogP contribution in [0, 0.1) is 17.3 Å². The molecule has 146 valence electrons. The monoisotopic (exact) mass is 368 g/mol. The molecule has 1 saturated carbocycles. The summed E-state index contributed by atoms with van der Waals surface area (Å²) in [6.45, 7) is 24.4. The molecule has 1 aliphatic carbocycles. The zero-order valence-corrected chi connectivity index (χ0v) is 19.0. The second-order valence-corrected chi connectivity index (χ2v) is 14.7. The fourth-order valence-electron chi connectivity index (χ4n) is 3.88. The van der Waals surface area contributed by atoms with Gasteiger partial charge in [-0.15, -0.1) is 0 Å². The molecule has 0 saturated heterocycles. The van der Waals surface area contributed by atoms with Gasteiger partial charge in [-0.25, -0.2) is 0 Å². The molecule has 4 heteroatoms. The zero-order valence-electron chi connectivity index (χ0n) is 18.0. The average Bonchev–Trinajstić information content (AvgIpc) is 2.41. The summed E-state index contributed by atoms with van der Waals surface area (Å²) in [5.41, 5.74) is 1.17. The van der Waals surface area contributed by atoms with Crippen molar-refractivity contribution in [1.29, 1.82) is 0 Å². The van der Waals surface area contributed by atoms with Gasteiger partial charge in [0.25, 0.3) is 0 Å². The second-order valence-electron chi connectivity index (χ2n) is 9.89. The minimum Gasteiger partial charge on any atom is -0.462 e. The van der Waals surface area contributed by atoms with Crippen molar-refractivity contribution in [3.8, 4) is 0 Å². The van der Waals surface area contributed by atoms with E-state index in [4.69, 9.17) is 9.16 Å². The van der Waals surface area contributed by atoms with Crippen LogP contribution in [0.2, 0.25) is 18.1 Å². The third-order valence-corrected chi connectivity index (χ3v) is 11.2. The summed E-state index contributed by atoms with van der Waals surface area (Å²) in [7, 11) is -1.75. The summed E-state index contributed by atoms with van der Waals surface area (Å²) in [6, 6.07) is 0. The summed E-state index contributed by atoms with van der Waals surface area (Å²) in [6.07, 6.45) is 3.03. The fourth-order valence-corrected chi connectivity index (χ4v) is 4.93. The van der Waals surface area contributed by atoms with Crippen molar-refractivity contribution >= 4 is 14.3 Å². The van der Waals surface area contributed by atoms with Crippen molar-refractivity contribution in [1.82, 2.24) is 0 Å². The first kappa shape index (κ1) is 22.4. The molecular weight excluding hydrogens is 328 g/mol. The SMILES string of the molecule is C=C(C)[C@@H]1CC[C@](C)(CCO[Si](C)(C)C(C)(C)C)[C@H](OC(C)=O)[C@H]1C. The predicted octanol–water partition coefficient (Wildman–Crippen LogP) is 5.96. The maximum Gasteiger partial charge on any atom is 0.302 e. The number of rotatable bonds is 6. The zero-order chi connectivity index (χ0) is 19.6. The van der Waals surface area contributed by atoms with Gasteiger partial charge >= 0.3 is 5.97 Å². The molecule has 0 spiro atoms. The van der Waals surface area contributed by atoms with Crippen LogP contribution in [0.15, 0.2) is 12.2 Å². The predicted molar refractivity (Wildman–Crippen MR) is 108 cm³/mol. The Hall–Kier alpha value is -0.613. The van der Waals surface area contributed by atoms with Crippen LogP contribution in [0.25, 0.3) is 0 Å². The Morgan fingerprint density at radius 2 is 1.84 bits per heavy atom. The summed E-state index contributed by atoms with van der Waals surface area (Å²) in [5.74, 6) is 0.544. The summed E-state index contributed by atoms with van der Waals surface area (Å²) >= 11 is 0. The first-order chi connectivity index (χ1) is 11.2. The van der Waals surface area contributed by atoms with Gasteiger partial charge in [-0.3, -0.25) is 4.79 Å². The van der Waals surface area contributed by atoms with E-state index in [1.165, 1.54) is 12.5 Å². The first-order valence-corrected chi connectivity index (χ1v) is 12.6. The van der Waals surface area contributed by atoms with Crippen molar-refractivity contribution in [2.45, 2.75) is 92.0 Å². The lowest BCUT2D eigenvalue weighted by Gasteiger charge is -2.48. The van der Waals surface area contributed by atoms with Crippen LogP contribution < -0.4 is 0 Å². The molecule has 0 radical (unpaired) electrons. The van der Waals surface area contributed by atoms with E-state index < -0.39 is 8.32 Å². The van der Waals surface area contributed by atoms with Crippen LogP contribution >= 0.6 is 0 Å². The molecule has 4 atom stereocenters. The van der Waals surface area contributed by atoms with E-state index >= 15 is 0 Å². The number of hydrogen-bond acceptors (Lipinski definition) is 3. The maximum absolute atomic E-state index is 11.7. The molecule has 0 aromatic carbocycles. The summed E-state index contributed by atoms with van der Waals surface area (Å²) < 4.78 is 12.2. The maximum atomic E-state index is 11.7. The smallest absolute Gasteiger partial charge is 0.302 e. The van der Waals surface area contributed by atoms with Gasteiger partial charge in [0.15, 0.2) is 8.32 Å². The molecule has 0 aliphatic heterocycles. The highest BCUT2D eigenvalue weighted by atomic mass is 28.4. The number of carbonyl (C=O) groups is 1. The van der Waals surface area contributed by atoms with Crippen molar-refractivity contribution in [2.75, 3.05) is 6.61 Å². The Kier molecular flexibility index (Phi) is 7.14. The van der Waals surface area contributed by atoms with E-state index in [1.807, 2.05) is 0 Å². The van der Waals surface area contributed by atoms with Gasteiger partial charge in [-0.1, -0.05) is 46.8 Å². The Balaban J connectivity index is 2.87. The van der Waals surface area contributed by atoms with E-state index in [2.05, 4.69) is 61.2 Å². The van der Waals surface area contributed by atoms with E-state index in [0.29, 0.717) is 11.8 Å². The van der Waals surface area contributed by atoms with E-state index in [0.717, 1.165) is 25.9 Å². The minimum atomic E-state index is -1.75. The van der Waals surface area contributed by atoms with Gasteiger partial charge in [0, 0.05) is 24.9 Å². The molecule has 1 fully saturated rings. The third kappa shape index (κ3) is 5.43. The quantitative estimate of drug-likeness (QED) is 0.330. The first-order valence-electron chi connectivity index (χ1n) is 9.68. The highest BCUT2D eigenvalue weighted by Crippen LogP contribution is 2.48. The normalized spacial score (nSPS) is 30.8. The number of ether oxygens (including phenoxy) is 1. The van der Waals surface area contributed by atoms with Crippen molar-refractivity contribution in [3.63, 3.8) is 0 Å². The number of carbonyl (C=O) groups excluding carboxylic acids is 1. The van der Waals surface area contributed by atoms with Crippen LogP contribution in [-0.2, 0) is 14.0 Å². The molecule has 0 unspecified atom stereocenters. The summed E-state index contributed by atoms with van der Waals surface area (Å²) in [5, 5.41) is 0.216. The molecule has 1 rings (SSSR count). The van der Waals surface area contributed by atoms with Gasteiger partial charge in [-0.05, 0) is 50.2 Å². The molecule has 0 aromatic heterocycles. The fraction of sp³-hybridized carbons (Fsp3) is 0.857. The number of esters is 1. The average molecular weight is 369 g/mol. The van der Waals surface area contributed by atoms with Gasteiger partial charge < -0.3 is 9.16 Å². The molecule has 0 aromatic rings. The third-order valence-electron chi connectivity index (χ3n) is 6.69. The molecule has 0 bridgehead atoms. The molecule has 25 heavy (non-hydrogen) atoms. The molecule has 0 amide bonds. The van der Waals surface area contributed by atoms with Crippen LogP contribution in [0.3, 0.4) is 0 Å². The number of hydrogen-bond donors (Lipinski definition) is 0. The van der Waals surface area contributed by atoms with Gasteiger partial charge in [-0.2, -0.15) is 0 Å². The van der Waals surface area contributed by atoms with Crippen LogP contribution in [0.1, 0.15) is 67.7 Å². The minimum absolute atomic E-state index is 0.0284. The lowest BCUT2D eigenvalue weighted by molar-refractivity contribution is -0.165. The van der Waals surface area contributed by atoms with Crippen LogP contribution in [-0.4, -0.2) is 27.0 Å². The number of allylic oxidation sites excluding steroid dienone is 1. The van der Waals surface area contributed by atoms with Gasteiger partial charge in [0.05, 0.1) is 0 Å². The van der Waals surface area contributed by atoms with Crippen LogP contribution in [0.4, 0.5) is 0 Å². The standard InChI is InChI=1S/C21H40O3Si/c1-15(2)18-11-12-21(8,19(16(18)3)24-17(4)22)13-14-23-25(9,10)20(5,6)7/h16,18-19H,1,11-14H2,2-10H3/t16-,18-,19+,21+/m0/s1. The van der Waals surface area contributed by atoms with Crippen molar-refractivity contribution < 1.29 is 14.0 Å². The van der Waals surface area contributed by atoms with Crippen molar-refractivity contribution in [3.05, 3.63) is 12.2 Å². The molecule has 0 N–H and O–H groups in total. The largest absolute Gasteiger partial charge is 0.462 e. The topological polar surface area (TPSA) is 35.5 Å². The molecule has 3 nitrogen and oxygen atoms in total. The van der Waals surface area contributed by atoms with E-state index in [-0.39, 0.29) is 22.5 Å². The van der Waals surface area contributed by atoms with E-state index in [1.54, 1.807) is 0 Å². The second kappa shape index (κ2) is 7.95. The summed E-state index contributed by atoms with van der Waals surface area (Å²) in [4.78, 5) is 11.7. The molecular formula is C21H40O3Si. The Labute approximate surface area is 156 Å². The van der Waals surface area contributed by atoms with Crippen LogP contribution in [0.5, 0.6) is 0 Å². The highest BCUT2D eigenvalue weighted by molar-refractivity contribution is 6.74. The Morgan fingerprint density at radius 3 is 2.28 bits per heavy atom. The Morgan fingerprint density at radius 1 is 1.28 bits per heavy atom. The Bertz CT molecular complexity index is 492.